The molecule has 2 atom stereocenters. The Bertz CT molecular complexity index is 1260. The van der Waals surface area contributed by atoms with Gasteiger partial charge in [-0.05, 0) is 48.4 Å². The number of aromatic amines is 1. The summed E-state index contributed by atoms with van der Waals surface area (Å²) in [4.78, 5) is 24.6. The summed E-state index contributed by atoms with van der Waals surface area (Å²) in [6.45, 7) is 2.54. The van der Waals surface area contributed by atoms with Crippen LogP contribution in [0.1, 0.15) is 35.1 Å². The summed E-state index contributed by atoms with van der Waals surface area (Å²) in [5.74, 6) is -1.89. The summed E-state index contributed by atoms with van der Waals surface area (Å²) in [5, 5.41) is 19.7. The molecule has 2 aromatic carbocycles. The van der Waals surface area contributed by atoms with Crippen molar-refractivity contribution in [3.05, 3.63) is 92.4 Å². The molecule has 34 heavy (non-hydrogen) atoms. The fourth-order valence-electron chi connectivity index (χ4n) is 3.61. The third-order valence-electron chi connectivity index (χ3n) is 5.54. The van der Waals surface area contributed by atoms with Crippen LogP contribution in [0.15, 0.2) is 59.5 Å². The third kappa shape index (κ3) is 5.10. The minimum Gasteiger partial charge on any atom is -0.481 e. The molecule has 0 saturated heterocycles. The Kier molecular flexibility index (Phi) is 7.09. The summed E-state index contributed by atoms with van der Waals surface area (Å²) >= 11 is 6.29. The number of halogens is 4. The number of aryl methyl sites for hydroxylation is 1. The first kappa shape index (κ1) is 25.3. The number of pyridine rings is 1. The summed E-state index contributed by atoms with van der Waals surface area (Å²) < 4.78 is 48.0. The van der Waals surface area contributed by atoms with E-state index < -0.39 is 34.8 Å². The molecule has 0 aliphatic rings. The zero-order valence-corrected chi connectivity index (χ0v) is 18.9. The molecule has 10 heteroatoms. The summed E-state index contributed by atoms with van der Waals surface area (Å²) in [7, 11) is 0. The van der Waals surface area contributed by atoms with Crippen LogP contribution in [0, 0.1) is 6.92 Å². The molecule has 0 bridgehead atoms. The number of aliphatic carboxylic acids is 1. The number of H-pyrrole nitrogens is 1. The number of rotatable bonds is 7. The van der Waals surface area contributed by atoms with Crippen molar-refractivity contribution >= 4 is 17.6 Å². The SMILES string of the molecule is Cc1cc(C(O)(C(C)c2ccc(Oc3ccc(CC(=O)O)cc3)cc2Cl)C(F)(F)F)c[nH]c1=O. The van der Waals surface area contributed by atoms with Crippen LogP contribution in [0.5, 0.6) is 11.5 Å². The number of carbonyl (C=O) groups is 1. The Hall–Kier alpha value is -3.30. The van der Waals surface area contributed by atoms with Crippen molar-refractivity contribution in [2.75, 3.05) is 0 Å². The molecular weight excluding hydrogens is 475 g/mol. The van der Waals surface area contributed by atoms with E-state index in [1.807, 2.05) is 0 Å². The smallest absolute Gasteiger partial charge is 0.422 e. The van der Waals surface area contributed by atoms with Gasteiger partial charge in [-0.3, -0.25) is 9.59 Å². The van der Waals surface area contributed by atoms with E-state index in [2.05, 4.69) is 4.98 Å². The zero-order chi connectivity index (χ0) is 25.3. The van der Waals surface area contributed by atoms with Crippen molar-refractivity contribution in [3.8, 4) is 11.5 Å². The van der Waals surface area contributed by atoms with E-state index in [9.17, 15) is 27.9 Å². The maximum atomic E-state index is 14.1. The Morgan fingerprint density at radius 3 is 2.26 bits per heavy atom. The van der Waals surface area contributed by atoms with Gasteiger partial charge in [0.25, 0.3) is 5.56 Å². The van der Waals surface area contributed by atoms with Gasteiger partial charge in [0.15, 0.2) is 5.60 Å². The van der Waals surface area contributed by atoms with Gasteiger partial charge in [0.2, 0.25) is 0 Å². The fourth-order valence-corrected chi connectivity index (χ4v) is 3.94. The maximum Gasteiger partial charge on any atom is 0.422 e. The molecule has 0 aliphatic carbocycles. The molecule has 180 valence electrons. The Morgan fingerprint density at radius 1 is 1.12 bits per heavy atom. The van der Waals surface area contributed by atoms with E-state index in [4.69, 9.17) is 21.4 Å². The van der Waals surface area contributed by atoms with Crippen LogP contribution < -0.4 is 10.3 Å². The molecule has 3 rings (SSSR count). The van der Waals surface area contributed by atoms with Crippen molar-refractivity contribution < 1.29 is 32.9 Å². The molecular formula is C24H21ClF3NO5. The highest BCUT2D eigenvalue weighted by Gasteiger charge is 2.59. The van der Waals surface area contributed by atoms with Gasteiger partial charge in [0, 0.05) is 28.3 Å². The van der Waals surface area contributed by atoms with Gasteiger partial charge >= 0.3 is 12.1 Å². The normalized spacial score (nSPS) is 14.3. The Labute approximate surface area is 197 Å². The number of nitrogens with one attached hydrogen (secondary N) is 1. The van der Waals surface area contributed by atoms with E-state index in [1.165, 1.54) is 32.0 Å². The Morgan fingerprint density at radius 2 is 1.74 bits per heavy atom. The van der Waals surface area contributed by atoms with Crippen molar-refractivity contribution in [1.82, 2.24) is 4.98 Å². The molecule has 0 saturated carbocycles. The monoisotopic (exact) mass is 495 g/mol. The average Bonchev–Trinajstić information content (AvgIpc) is 2.75. The molecule has 3 aromatic rings. The van der Waals surface area contributed by atoms with Crippen LogP contribution in [0.3, 0.4) is 0 Å². The van der Waals surface area contributed by atoms with Crippen LogP contribution in [0.25, 0.3) is 0 Å². The van der Waals surface area contributed by atoms with Gasteiger partial charge in [-0.1, -0.05) is 36.7 Å². The number of ether oxygens (including phenoxy) is 1. The first-order valence-corrected chi connectivity index (χ1v) is 10.5. The number of carboxylic acids is 1. The van der Waals surface area contributed by atoms with Crippen molar-refractivity contribution in [2.24, 2.45) is 0 Å². The molecule has 1 heterocycles. The van der Waals surface area contributed by atoms with Gasteiger partial charge in [-0.15, -0.1) is 0 Å². The highest BCUT2D eigenvalue weighted by Crippen LogP contribution is 2.50. The van der Waals surface area contributed by atoms with E-state index in [0.29, 0.717) is 11.3 Å². The minimum atomic E-state index is -5.08. The molecule has 1 aromatic heterocycles. The van der Waals surface area contributed by atoms with E-state index in [1.54, 1.807) is 24.3 Å². The van der Waals surface area contributed by atoms with Crippen LogP contribution in [0.4, 0.5) is 13.2 Å². The molecule has 0 amide bonds. The van der Waals surface area contributed by atoms with Crippen molar-refractivity contribution in [2.45, 2.75) is 38.0 Å². The lowest BCUT2D eigenvalue weighted by atomic mass is 9.78. The van der Waals surface area contributed by atoms with Gasteiger partial charge in [0.1, 0.15) is 11.5 Å². The predicted octanol–water partition coefficient (Wildman–Crippen LogP) is 5.31. The largest absolute Gasteiger partial charge is 0.481 e. The molecule has 0 spiro atoms. The number of benzene rings is 2. The number of alkyl halides is 3. The van der Waals surface area contributed by atoms with Gasteiger partial charge in [-0.2, -0.15) is 13.2 Å². The van der Waals surface area contributed by atoms with Gasteiger partial charge in [0.05, 0.1) is 6.42 Å². The number of hydrogen-bond donors (Lipinski definition) is 3. The predicted molar refractivity (Wildman–Crippen MR) is 119 cm³/mol. The van der Waals surface area contributed by atoms with Crippen molar-refractivity contribution in [1.29, 1.82) is 0 Å². The highest BCUT2D eigenvalue weighted by molar-refractivity contribution is 6.31. The Balaban J connectivity index is 1.91. The second-order valence-electron chi connectivity index (χ2n) is 7.89. The maximum absolute atomic E-state index is 14.1. The lowest BCUT2D eigenvalue weighted by molar-refractivity contribution is -0.274. The number of hydrogen-bond acceptors (Lipinski definition) is 4. The van der Waals surface area contributed by atoms with E-state index in [0.717, 1.165) is 12.3 Å². The van der Waals surface area contributed by atoms with Crippen LogP contribution in [-0.4, -0.2) is 27.3 Å². The number of aliphatic hydroxyl groups is 1. The number of carboxylic acid groups (broad SMARTS) is 1. The standard InChI is InChI=1S/C24H21ClF3NO5/c1-13-9-16(12-29-22(13)32)23(33,24(26,27)28)14(2)19-8-7-18(11-20(19)25)34-17-5-3-15(4-6-17)10-21(30)31/h3-9,11-12,14,33H,10H2,1-2H3,(H,29,32)(H,30,31). The van der Waals surface area contributed by atoms with Gasteiger partial charge in [-0.25, -0.2) is 0 Å². The van der Waals surface area contributed by atoms with Crippen LogP contribution in [-0.2, 0) is 16.8 Å². The quantitative estimate of drug-likeness (QED) is 0.412. The summed E-state index contributed by atoms with van der Waals surface area (Å²) in [5.41, 5.74) is -3.77. The molecule has 2 unspecified atom stereocenters. The summed E-state index contributed by atoms with van der Waals surface area (Å²) in [6, 6.07) is 11.4. The lowest BCUT2D eigenvalue weighted by Crippen LogP contribution is -2.47. The van der Waals surface area contributed by atoms with Crippen LogP contribution in [0.2, 0.25) is 5.02 Å². The first-order chi connectivity index (χ1) is 15.8. The second-order valence-corrected chi connectivity index (χ2v) is 8.29. The van der Waals surface area contributed by atoms with E-state index in [-0.39, 0.29) is 28.3 Å². The molecule has 0 radical (unpaired) electrons. The topological polar surface area (TPSA) is 99.6 Å². The number of aromatic nitrogens is 1. The van der Waals surface area contributed by atoms with Crippen LogP contribution >= 0.6 is 11.6 Å². The highest BCUT2D eigenvalue weighted by atomic mass is 35.5. The second kappa shape index (κ2) is 9.52. The molecule has 6 nitrogen and oxygen atoms in total. The lowest BCUT2D eigenvalue weighted by Gasteiger charge is -2.37. The first-order valence-electron chi connectivity index (χ1n) is 10.1. The minimum absolute atomic E-state index is 0.0227. The average molecular weight is 496 g/mol. The van der Waals surface area contributed by atoms with Crippen molar-refractivity contribution in [3.63, 3.8) is 0 Å². The molecule has 3 N–H and O–H groups in total. The van der Waals surface area contributed by atoms with Gasteiger partial charge < -0.3 is 19.9 Å². The zero-order valence-electron chi connectivity index (χ0n) is 18.1. The third-order valence-corrected chi connectivity index (χ3v) is 5.87. The fraction of sp³-hybridized carbons (Fsp3) is 0.250. The summed E-state index contributed by atoms with van der Waals surface area (Å²) in [6.07, 6.45) is -4.37. The molecule has 0 fully saturated rings. The van der Waals surface area contributed by atoms with E-state index >= 15 is 0 Å². The molecule has 0 aliphatic heterocycles.